The number of carbonyl (C=O) groups excluding carboxylic acids is 1. The van der Waals surface area contributed by atoms with Gasteiger partial charge in [0.2, 0.25) is 0 Å². The summed E-state index contributed by atoms with van der Waals surface area (Å²) < 4.78 is 19.8. The maximum absolute atomic E-state index is 14.1. The molecule has 0 bridgehead atoms. The van der Waals surface area contributed by atoms with Gasteiger partial charge in [-0.1, -0.05) is 0 Å². The monoisotopic (exact) mass is 244 g/mol. The Labute approximate surface area is 101 Å². The van der Waals surface area contributed by atoms with Gasteiger partial charge >= 0.3 is 0 Å². The Morgan fingerprint density at radius 3 is 2.88 bits per heavy atom. The first-order chi connectivity index (χ1) is 7.96. The van der Waals surface area contributed by atoms with Gasteiger partial charge in [-0.25, -0.2) is 4.39 Å². The second kappa shape index (κ2) is 4.53. The van der Waals surface area contributed by atoms with Gasteiger partial charge in [-0.05, 0) is 33.7 Å². The van der Waals surface area contributed by atoms with Crippen molar-refractivity contribution >= 4 is 5.91 Å². The Morgan fingerprint density at radius 2 is 2.29 bits per heavy atom. The quantitative estimate of drug-likeness (QED) is 0.738. The van der Waals surface area contributed by atoms with E-state index in [0.29, 0.717) is 19.5 Å². The van der Waals surface area contributed by atoms with Crippen LogP contribution in [-0.2, 0) is 9.53 Å². The van der Waals surface area contributed by atoms with Crippen LogP contribution in [0.3, 0.4) is 0 Å². The fraction of sp³-hybridized carbons (Fsp3) is 0.917. The lowest BCUT2D eigenvalue weighted by atomic mass is 9.87. The second-order valence-corrected chi connectivity index (χ2v) is 5.31. The highest BCUT2D eigenvalue weighted by Crippen LogP contribution is 2.33. The summed E-state index contributed by atoms with van der Waals surface area (Å²) in [6, 6.07) is 0.0906. The van der Waals surface area contributed by atoms with E-state index < -0.39 is 17.9 Å². The third-order valence-electron chi connectivity index (χ3n) is 3.72. The molecule has 2 heterocycles. The Bertz CT molecular complexity index is 311. The van der Waals surface area contributed by atoms with Gasteiger partial charge in [-0.3, -0.25) is 4.79 Å². The lowest BCUT2D eigenvalue weighted by Gasteiger charge is -2.49. The minimum Gasteiger partial charge on any atom is -0.357 e. The molecule has 0 aromatic heterocycles. The van der Waals surface area contributed by atoms with E-state index in [1.54, 1.807) is 11.8 Å². The van der Waals surface area contributed by atoms with Gasteiger partial charge in [0.15, 0.2) is 0 Å². The number of nitrogens with zero attached hydrogens (tertiary/aromatic N) is 1. The van der Waals surface area contributed by atoms with Crippen molar-refractivity contribution in [2.45, 2.75) is 51.1 Å². The van der Waals surface area contributed by atoms with Crippen molar-refractivity contribution in [1.29, 1.82) is 0 Å². The minimum atomic E-state index is -1.05. The number of hydrogen-bond acceptors (Lipinski definition) is 3. The molecule has 2 aliphatic rings. The van der Waals surface area contributed by atoms with Crippen molar-refractivity contribution in [3.63, 3.8) is 0 Å². The van der Waals surface area contributed by atoms with E-state index in [1.807, 2.05) is 13.8 Å². The molecule has 2 rings (SSSR count). The maximum atomic E-state index is 14.1. The largest absolute Gasteiger partial charge is 0.357 e. The maximum Gasteiger partial charge on any atom is 0.251 e. The van der Waals surface area contributed by atoms with Crippen LogP contribution in [0.15, 0.2) is 0 Å². The van der Waals surface area contributed by atoms with Crippen LogP contribution in [0.4, 0.5) is 4.39 Å². The average Bonchev–Trinajstić information content (AvgIpc) is 2.27. The molecule has 1 spiro atoms. The average molecular weight is 244 g/mol. The van der Waals surface area contributed by atoms with E-state index in [4.69, 9.17) is 4.74 Å². The van der Waals surface area contributed by atoms with Crippen molar-refractivity contribution in [2.24, 2.45) is 0 Å². The smallest absolute Gasteiger partial charge is 0.251 e. The van der Waals surface area contributed by atoms with Crippen LogP contribution in [0.25, 0.3) is 0 Å². The Morgan fingerprint density at radius 1 is 1.59 bits per heavy atom. The lowest BCUT2D eigenvalue weighted by molar-refractivity contribution is -0.203. The molecule has 2 fully saturated rings. The number of rotatable bonds is 1. The zero-order valence-corrected chi connectivity index (χ0v) is 10.7. The molecule has 0 aromatic carbocycles. The molecule has 0 aliphatic carbocycles. The molecule has 0 radical (unpaired) electrons. The predicted molar refractivity (Wildman–Crippen MR) is 62.5 cm³/mol. The fourth-order valence-corrected chi connectivity index (χ4v) is 2.66. The molecule has 2 saturated heterocycles. The zero-order chi connectivity index (χ0) is 12.6. The number of nitrogens with one attached hydrogen (secondary N) is 1. The van der Waals surface area contributed by atoms with Crippen molar-refractivity contribution < 1.29 is 13.9 Å². The predicted octanol–water partition coefficient (Wildman–Crippen LogP) is 0.712. The molecular weight excluding hydrogens is 223 g/mol. The molecule has 1 N–H and O–H groups in total. The number of hydrogen-bond donors (Lipinski definition) is 1. The number of ether oxygens (including phenoxy) is 1. The zero-order valence-electron chi connectivity index (χ0n) is 10.7. The Hall–Kier alpha value is -0.680. The molecule has 3 atom stereocenters. The molecule has 0 unspecified atom stereocenters. The lowest BCUT2D eigenvalue weighted by Crippen LogP contribution is -2.67. The van der Waals surface area contributed by atoms with E-state index in [1.165, 1.54) is 0 Å². The van der Waals surface area contributed by atoms with Gasteiger partial charge in [0, 0.05) is 12.6 Å². The van der Waals surface area contributed by atoms with Crippen LogP contribution in [0.1, 0.15) is 27.2 Å². The third kappa shape index (κ3) is 2.18. The van der Waals surface area contributed by atoms with Crippen LogP contribution >= 0.6 is 0 Å². The van der Waals surface area contributed by atoms with E-state index in [9.17, 15) is 9.18 Å². The molecule has 4 nitrogen and oxygen atoms in total. The van der Waals surface area contributed by atoms with Crippen molar-refractivity contribution in [3.8, 4) is 0 Å². The minimum absolute atomic E-state index is 0.0312. The topological polar surface area (TPSA) is 41.6 Å². The first-order valence-electron chi connectivity index (χ1n) is 6.29. The van der Waals surface area contributed by atoms with Crippen LogP contribution in [0.2, 0.25) is 0 Å². The first kappa shape index (κ1) is 12.8. The van der Waals surface area contributed by atoms with E-state index >= 15 is 0 Å². The van der Waals surface area contributed by atoms with Gasteiger partial charge in [-0.2, -0.15) is 0 Å². The normalized spacial score (nSPS) is 39.1. The number of morpholine rings is 1. The number of carbonyl (C=O) groups is 1. The Kier molecular flexibility index (Phi) is 3.41. The van der Waals surface area contributed by atoms with Crippen LogP contribution in [-0.4, -0.2) is 54.4 Å². The molecule has 17 heavy (non-hydrogen) atoms. The molecule has 98 valence electrons. The summed E-state index contributed by atoms with van der Waals surface area (Å²) in [7, 11) is 0. The number of halogens is 1. The van der Waals surface area contributed by atoms with Crippen molar-refractivity contribution in [2.75, 3.05) is 19.6 Å². The van der Waals surface area contributed by atoms with Crippen LogP contribution < -0.4 is 5.32 Å². The van der Waals surface area contributed by atoms with Crippen LogP contribution in [0, 0.1) is 0 Å². The van der Waals surface area contributed by atoms with Gasteiger partial charge < -0.3 is 15.0 Å². The van der Waals surface area contributed by atoms with Gasteiger partial charge in [0.25, 0.3) is 5.91 Å². The van der Waals surface area contributed by atoms with Crippen molar-refractivity contribution in [3.05, 3.63) is 0 Å². The highest BCUT2D eigenvalue weighted by atomic mass is 19.1. The van der Waals surface area contributed by atoms with E-state index in [0.717, 1.165) is 6.54 Å². The molecule has 1 amide bonds. The number of alkyl halides is 1. The van der Waals surface area contributed by atoms with Crippen molar-refractivity contribution in [1.82, 2.24) is 10.2 Å². The summed E-state index contributed by atoms with van der Waals surface area (Å²) in [5, 5.41) is 3.02. The summed E-state index contributed by atoms with van der Waals surface area (Å²) in [6.45, 7) is 7.06. The highest BCUT2D eigenvalue weighted by Gasteiger charge is 2.50. The van der Waals surface area contributed by atoms with E-state index in [-0.39, 0.29) is 11.9 Å². The summed E-state index contributed by atoms with van der Waals surface area (Å²) in [4.78, 5) is 13.7. The molecule has 5 heteroatoms. The molecule has 2 aliphatic heterocycles. The highest BCUT2D eigenvalue weighted by molar-refractivity contribution is 5.81. The molecular formula is C12H21FN2O2. The SMILES string of the molecule is CC(C)N1C[C@]2(CCNC[C@H]2F)O[C@H](C)C1=O. The number of piperidine rings is 1. The summed E-state index contributed by atoms with van der Waals surface area (Å²) in [5.74, 6) is -0.0312. The molecule has 0 aromatic rings. The number of amides is 1. The third-order valence-corrected chi connectivity index (χ3v) is 3.72. The standard InChI is InChI=1S/C12H21FN2O2/c1-8(2)15-7-12(17-9(3)11(15)16)4-5-14-6-10(12)13/h8-10,14H,4-7H2,1-3H3/t9-,10-,12+/m1/s1. The summed E-state index contributed by atoms with van der Waals surface area (Å²) in [6.07, 6.45) is -0.967. The van der Waals surface area contributed by atoms with Gasteiger partial charge in [0.05, 0.1) is 6.54 Å². The van der Waals surface area contributed by atoms with Crippen LogP contribution in [0.5, 0.6) is 0 Å². The fourth-order valence-electron chi connectivity index (χ4n) is 2.66. The van der Waals surface area contributed by atoms with Gasteiger partial charge in [0.1, 0.15) is 17.9 Å². The summed E-state index contributed by atoms with van der Waals surface area (Å²) in [5.41, 5.74) is -0.803. The van der Waals surface area contributed by atoms with E-state index in [2.05, 4.69) is 5.32 Å². The second-order valence-electron chi connectivity index (χ2n) is 5.31. The van der Waals surface area contributed by atoms with Gasteiger partial charge in [-0.15, -0.1) is 0 Å². The molecule has 0 saturated carbocycles. The summed E-state index contributed by atoms with van der Waals surface area (Å²) >= 11 is 0. The Balaban J connectivity index is 2.22. The first-order valence-corrected chi connectivity index (χ1v) is 6.29.